The van der Waals surface area contributed by atoms with Crippen LogP contribution in [0.1, 0.15) is 53.6 Å². The van der Waals surface area contributed by atoms with Crippen molar-refractivity contribution >= 4 is 28.8 Å². The number of nitrogens with zero attached hydrogens (tertiary/aromatic N) is 2. The van der Waals surface area contributed by atoms with Gasteiger partial charge in [0.15, 0.2) is 0 Å². The minimum atomic E-state index is -0.550. The maximum Gasteiger partial charge on any atom is 0.260 e. The number of hydrogen-bond donors (Lipinski definition) is 0. The molecule has 0 bridgehead atoms. The first-order valence-corrected chi connectivity index (χ1v) is 10.1. The van der Waals surface area contributed by atoms with Crippen LogP contribution in [0.4, 0.5) is 0 Å². The number of carbonyl (C=O) groups excluding carboxylic acids is 1. The second-order valence-electron chi connectivity index (χ2n) is 7.55. The number of ether oxygens (including phenoxy) is 1. The van der Waals surface area contributed by atoms with Gasteiger partial charge in [0.05, 0.1) is 7.11 Å². The molecule has 1 aliphatic carbocycles. The van der Waals surface area contributed by atoms with E-state index >= 15 is 0 Å². The third-order valence-corrected chi connectivity index (χ3v) is 6.00. The molecule has 1 spiro atoms. The summed E-state index contributed by atoms with van der Waals surface area (Å²) in [5.74, 6) is 0.644. The van der Waals surface area contributed by atoms with Crippen LogP contribution in [0.3, 0.4) is 0 Å². The van der Waals surface area contributed by atoms with Gasteiger partial charge in [-0.15, -0.1) is 0 Å². The number of hydrogen-bond acceptors (Lipinski definition) is 4. The Morgan fingerprint density at radius 3 is 2.46 bits per heavy atom. The molecule has 0 aromatic heterocycles. The van der Waals surface area contributed by atoms with Crippen molar-refractivity contribution in [3.05, 3.63) is 65.2 Å². The lowest BCUT2D eigenvalue weighted by atomic mass is 9.88. The summed E-state index contributed by atoms with van der Waals surface area (Å²) in [6.45, 7) is 2.05. The molecule has 0 saturated heterocycles. The third-order valence-electron chi connectivity index (χ3n) is 5.63. The van der Waals surface area contributed by atoms with Gasteiger partial charge in [0, 0.05) is 11.1 Å². The molecular formula is C23H24N2O2S. The molecule has 1 heterocycles. The molecule has 1 fully saturated rings. The summed E-state index contributed by atoms with van der Waals surface area (Å²) < 4.78 is 5.22. The van der Waals surface area contributed by atoms with Crippen LogP contribution in [-0.2, 0) is 0 Å². The summed E-state index contributed by atoms with van der Waals surface area (Å²) in [7, 11) is 1.62. The molecule has 1 saturated carbocycles. The number of rotatable bonds is 3. The summed E-state index contributed by atoms with van der Waals surface area (Å²) in [4.78, 5) is 20.9. The molecule has 4 nitrogen and oxygen atoms in total. The van der Waals surface area contributed by atoms with E-state index in [9.17, 15) is 4.79 Å². The summed E-state index contributed by atoms with van der Waals surface area (Å²) in [6, 6.07) is 15.4. The van der Waals surface area contributed by atoms with Gasteiger partial charge in [0.2, 0.25) is 0 Å². The maximum atomic E-state index is 13.5. The lowest BCUT2D eigenvalue weighted by Gasteiger charge is -2.38. The van der Waals surface area contributed by atoms with Crippen LogP contribution in [-0.4, -0.2) is 34.3 Å². The Morgan fingerprint density at radius 1 is 1.11 bits per heavy atom. The van der Waals surface area contributed by atoms with E-state index in [0.717, 1.165) is 48.3 Å². The molecule has 0 N–H and O–H groups in total. The van der Waals surface area contributed by atoms with Gasteiger partial charge in [-0.2, -0.15) is 0 Å². The Hall–Kier alpha value is -2.53. The Morgan fingerprint density at radius 2 is 1.82 bits per heavy atom. The van der Waals surface area contributed by atoms with Crippen LogP contribution < -0.4 is 4.74 Å². The predicted molar refractivity (Wildman–Crippen MR) is 115 cm³/mol. The minimum absolute atomic E-state index is 0.0824. The molecular weight excluding hydrogens is 368 g/mol. The van der Waals surface area contributed by atoms with Gasteiger partial charge >= 0.3 is 0 Å². The second-order valence-corrected chi connectivity index (χ2v) is 7.93. The van der Waals surface area contributed by atoms with E-state index in [1.54, 1.807) is 24.1 Å². The molecule has 2 aromatic rings. The molecule has 1 aliphatic heterocycles. The fraction of sp³-hybridized carbons (Fsp3) is 0.348. The highest BCUT2D eigenvalue weighted by Gasteiger charge is 2.48. The largest absolute Gasteiger partial charge is 0.497 e. The number of aryl methyl sites for hydroxylation is 1. The lowest BCUT2D eigenvalue weighted by molar-refractivity contribution is 0.0648. The van der Waals surface area contributed by atoms with E-state index in [2.05, 4.69) is 19.1 Å². The average molecular weight is 393 g/mol. The zero-order chi connectivity index (χ0) is 19.7. The molecule has 144 valence electrons. The summed E-state index contributed by atoms with van der Waals surface area (Å²) in [5.41, 5.74) is 2.96. The van der Waals surface area contributed by atoms with Gasteiger partial charge in [-0.25, -0.2) is 0 Å². The number of thiocarbonyl (C=S) groups is 1. The number of methoxy groups -OCH3 is 1. The molecule has 0 atom stereocenters. The summed E-state index contributed by atoms with van der Waals surface area (Å²) >= 11 is 5.82. The standard InChI is InChI=1S/C23H24N2O2S/c1-16-7-6-8-18(15-16)20-22(28)25(23(24-20)13-4-3-5-14-23)21(26)17-9-11-19(27-2)12-10-17/h6-12,15H,3-5,13-14H2,1-2H3. The highest BCUT2D eigenvalue weighted by atomic mass is 32.1. The van der Waals surface area contributed by atoms with Crippen molar-refractivity contribution in [3.63, 3.8) is 0 Å². The molecule has 28 heavy (non-hydrogen) atoms. The van der Waals surface area contributed by atoms with E-state index in [1.807, 2.05) is 24.3 Å². The van der Waals surface area contributed by atoms with Crippen LogP contribution in [0.2, 0.25) is 0 Å². The molecule has 2 aliphatic rings. The van der Waals surface area contributed by atoms with Crippen molar-refractivity contribution in [3.8, 4) is 5.75 Å². The highest BCUT2D eigenvalue weighted by Crippen LogP contribution is 2.41. The van der Waals surface area contributed by atoms with E-state index in [-0.39, 0.29) is 5.91 Å². The van der Waals surface area contributed by atoms with Crippen molar-refractivity contribution < 1.29 is 9.53 Å². The molecule has 0 radical (unpaired) electrons. The maximum absolute atomic E-state index is 13.5. The first-order chi connectivity index (χ1) is 13.5. The Bertz CT molecular complexity index is 943. The van der Waals surface area contributed by atoms with Crippen LogP contribution in [0, 0.1) is 6.92 Å². The highest BCUT2D eigenvalue weighted by molar-refractivity contribution is 7.82. The molecule has 4 rings (SSSR count). The molecule has 1 amide bonds. The third kappa shape index (κ3) is 3.24. The Balaban J connectivity index is 1.75. The zero-order valence-corrected chi connectivity index (χ0v) is 17.1. The van der Waals surface area contributed by atoms with E-state index in [4.69, 9.17) is 21.9 Å². The van der Waals surface area contributed by atoms with Gasteiger partial charge in [-0.1, -0.05) is 42.4 Å². The fourth-order valence-corrected chi connectivity index (χ4v) is 4.59. The average Bonchev–Trinajstić information content (AvgIpc) is 2.99. The van der Waals surface area contributed by atoms with Crippen LogP contribution in [0.25, 0.3) is 0 Å². The van der Waals surface area contributed by atoms with Crippen LogP contribution in [0.5, 0.6) is 5.75 Å². The normalized spacial score (nSPS) is 18.3. The Kier molecular flexibility index (Phi) is 5.02. The molecule has 0 unspecified atom stereocenters. The van der Waals surface area contributed by atoms with Crippen molar-refractivity contribution in [1.82, 2.24) is 4.90 Å². The van der Waals surface area contributed by atoms with E-state index in [1.165, 1.54) is 6.42 Å². The second kappa shape index (κ2) is 7.47. The summed E-state index contributed by atoms with van der Waals surface area (Å²) in [5, 5.41) is 0. The van der Waals surface area contributed by atoms with Gasteiger partial charge in [-0.3, -0.25) is 14.7 Å². The quantitative estimate of drug-likeness (QED) is 0.695. The first-order valence-electron chi connectivity index (χ1n) is 9.74. The SMILES string of the molecule is COc1ccc(C(=O)N2C(=S)C(c3cccc(C)c3)=NC23CCCCC3)cc1. The molecule has 2 aromatic carbocycles. The summed E-state index contributed by atoms with van der Waals surface area (Å²) in [6.07, 6.45) is 4.99. The number of amides is 1. The number of aliphatic imine (C=N–C) groups is 1. The van der Waals surface area contributed by atoms with E-state index in [0.29, 0.717) is 10.6 Å². The Labute approximate surface area is 171 Å². The zero-order valence-electron chi connectivity index (χ0n) is 16.3. The lowest BCUT2D eigenvalue weighted by Crippen LogP contribution is -2.50. The molecule has 5 heteroatoms. The van der Waals surface area contributed by atoms with Crippen molar-refractivity contribution in [2.75, 3.05) is 7.11 Å². The van der Waals surface area contributed by atoms with Crippen LogP contribution >= 0.6 is 12.2 Å². The van der Waals surface area contributed by atoms with Gasteiger partial charge < -0.3 is 4.74 Å². The van der Waals surface area contributed by atoms with Gasteiger partial charge in [0.1, 0.15) is 22.1 Å². The number of carbonyl (C=O) groups is 1. The van der Waals surface area contributed by atoms with Crippen molar-refractivity contribution in [2.45, 2.75) is 44.7 Å². The number of benzene rings is 2. The van der Waals surface area contributed by atoms with Gasteiger partial charge in [-0.05, 0) is 62.9 Å². The first kappa shape index (κ1) is 18.8. The predicted octanol–water partition coefficient (Wildman–Crippen LogP) is 4.94. The van der Waals surface area contributed by atoms with Gasteiger partial charge in [0.25, 0.3) is 5.91 Å². The fourth-order valence-electron chi connectivity index (χ4n) is 4.18. The monoisotopic (exact) mass is 392 g/mol. The minimum Gasteiger partial charge on any atom is -0.497 e. The topological polar surface area (TPSA) is 41.9 Å². The van der Waals surface area contributed by atoms with Crippen molar-refractivity contribution in [1.29, 1.82) is 0 Å². The van der Waals surface area contributed by atoms with E-state index < -0.39 is 5.66 Å². The van der Waals surface area contributed by atoms with Crippen LogP contribution in [0.15, 0.2) is 53.5 Å². The van der Waals surface area contributed by atoms with Crippen molar-refractivity contribution in [2.24, 2.45) is 4.99 Å². The smallest absolute Gasteiger partial charge is 0.260 e.